The van der Waals surface area contributed by atoms with Crippen molar-refractivity contribution >= 4 is 16.8 Å². The number of nitrogens with zero attached hydrogens (tertiary/aromatic N) is 3. The van der Waals surface area contributed by atoms with Gasteiger partial charge in [0.1, 0.15) is 5.82 Å². The minimum Gasteiger partial charge on any atom is -0.490 e. The van der Waals surface area contributed by atoms with Gasteiger partial charge in [0, 0.05) is 32.0 Å². The Kier molecular flexibility index (Phi) is 6.30. The van der Waals surface area contributed by atoms with Crippen molar-refractivity contribution in [1.82, 2.24) is 14.5 Å². The first kappa shape index (κ1) is 21.0. The molecule has 1 atom stereocenters. The second kappa shape index (κ2) is 9.29. The van der Waals surface area contributed by atoms with Crippen LogP contribution in [0, 0.1) is 18.7 Å². The molecular formula is C24H26FN3O3. The van der Waals surface area contributed by atoms with E-state index in [9.17, 15) is 14.0 Å². The van der Waals surface area contributed by atoms with E-state index in [2.05, 4.69) is 4.98 Å². The molecule has 6 nitrogen and oxygen atoms in total. The van der Waals surface area contributed by atoms with E-state index < -0.39 is 0 Å². The van der Waals surface area contributed by atoms with Gasteiger partial charge in [0.15, 0.2) is 11.6 Å². The fraction of sp³-hybridized carbons (Fsp3) is 0.375. The number of carbonyl (C=O) groups is 1. The van der Waals surface area contributed by atoms with Crippen LogP contribution in [0.2, 0.25) is 0 Å². The van der Waals surface area contributed by atoms with Crippen LogP contribution in [0.5, 0.6) is 5.75 Å². The van der Waals surface area contributed by atoms with Gasteiger partial charge in [0.2, 0.25) is 5.91 Å². The van der Waals surface area contributed by atoms with E-state index in [1.54, 1.807) is 35.8 Å². The van der Waals surface area contributed by atoms with Crippen molar-refractivity contribution in [3.63, 3.8) is 0 Å². The van der Waals surface area contributed by atoms with Crippen molar-refractivity contribution in [2.75, 3.05) is 19.7 Å². The third-order valence-corrected chi connectivity index (χ3v) is 5.78. The Hall–Kier alpha value is -3.22. The molecule has 1 aliphatic rings. The maximum absolute atomic E-state index is 13.8. The Morgan fingerprint density at radius 1 is 1.19 bits per heavy atom. The van der Waals surface area contributed by atoms with E-state index in [1.807, 2.05) is 23.1 Å². The first-order valence-electron chi connectivity index (χ1n) is 10.6. The molecule has 1 unspecified atom stereocenters. The lowest BCUT2D eigenvalue weighted by molar-refractivity contribution is -0.133. The van der Waals surface area contributed by atoms with Crippen molar-refractivity contribution in [3.05, 3.63) is 70.5 Å². The molecule has 1 fully saturated rings. The lowest BCUT2D eigenvalue weighted by atomic mass is 9.98. The molecule has 7 heteroatoms. The summed E-state index contributed by atoms with van der Waals surface area (Å²) in [4.78, 5) is 31.9. The number of fused-ring (bicyclic) bond motifs is 1. The van der Waals surface area contributed by atoms with Crippen LogP contribution >= 0.6 is 0 Å². The number of likely N-dealkylation sites (tertiary alicyclic amines) is 1. The molecule has 2 heterocycles. The average Bonchev–Trinajstić information content (AvgIpc) is 2.78. The van der Waals surface area contributed by atoms with E-state index >= 15 is 0 Å². The van der Waals surface area contributed by atoms with Gasteiger partial charge in [-0.2, -0.15) is 0 Å². The van der Waals surface area contributed by atoms with Crippen molar-refractivity contribution in [3.8, 4) is 5.75 Å². The summed E-state index contributed by atoms with van der Waals surface area (Å²) in [7, 11) is 0. The predicted molar refractivity (Wildman–Crippen MR) is 117 cm³/mol. The Morgan fingerprint density at radius 3 is 2.81 bits per heavy atom. The molecule has 0 N–H and O–H groups in total. The van der Waals surface area contributed by atoms with Gasteiger partial charge in [-0.15, -0.1) is 0 Å². The van der Waals surface area contributed by atoms with Crippen LogP contribution in [0.4, 0.5) is 4.39 Å². The Bertz CT molecular complexity index is 1140. The minimum atomic E-state index is -0.379. The maximum atomic E-state index is 13.8. The second-order valence-corrected chi connectivity index (χ2v) is 7.97. The third kappa shape index (κ3) is 4.76. The van der Waals surface area contributed by atoms with Crippen LogP contribution in [0.3, 0.4) is 0 Å². The quantitative estimate of drug-likeness (QED) is 0.608. The van der Waals surface area contributed by atoms with E-state index in [0.717, 1.165) is 12.8 Å². The number of para-hydroxylation sites is 2. The summed E-state index contributed by atoms with van der Waals surface area (Å²) in [5, 5.41) is 0.559. The number of hydrogen-bond acceptors (Lipinski definition) is 4. The molecule has 162 valence electrons. The van der Waals surface area contributed by atoms with Crippen molar-refractivity contribution in [1.29, 1.82) is 0 Å². The lowest BCUT2D eigenvalue weighted by Gasteiger charge is -2.33. The van der Waals surface area contributed by atoms with Gasteiger partial charge in [0.05, 0.1) is 17.5 Å². The fourth-order valence-corrected chi connectivity index (χ4v) is 4.10. The molecule has 0 bridgehead atoms. The zero-order valence-corrected chi connectivity index (χ0v) is 17.6. The average molecular weight is 423 g/mol. The van der Waals surface area contributed by atoms with Gasteiger partial charge in [0.25, 0.3) is 5.56 Å². The molecule has 4 rings (SSSR count). The van der Waals surface area contributed by atoms with E-state index in [-0.39, 0.29) is 35.4 Å². The first-order valence-corrected chi connectivity index (χ1v) is 10.6. The first-order chi connectivity index (χ1) is 15.0. The van der Waals surface area contributed by atoms with Gasteiger partial charge >= 0.3 is 0 Å². The largest absolute Gasteiger partial charge is 0.490 e. The topological polar surface area (TPSA) is 64.4 Å². The van der Waals surface area contributed by atoms with Gasteiger partial charge in [-0.25, -0.2) is 9.37 Å². The summed E-state index contributed by atoms with van der Waals surface area (Å²) in [6.45, 7) is 3.73. The molecule has 1 saturated heterocycles. The molecule has 31 heavy (non-hydrogen) atoms. The number of hydrogen-bond donors (Lipinski definition) is 0. The number of halogens is 1. The zero-order valence-electron chi connectivity index (χ0n) is 17.6. The number of aromatic nitrogens is 2. The van der Waals surface area contributed by atoms with Crippen molar-refractivity contribution in [2.24, 2.45) is 5.92 Å². The van der Waals surface area contributed by atoms with E-state index in [1.165, 1.54) is 6.07 Å². The minimum absolute atomic E-state index is 0.00931. The number of amides is 1. The summed E-state index contributed by atoms with van der Waals surface area (Å²) in [6, 6.07) is 13.6. The van der Waals surface area contributed by atoms with Crippen molar-refractivity contribution < 1.29 is 13.9 Å². The monoisotopic (exact) mass is 423 g/mol. The van der Waals surface area contributed by atoms with E-state index in [4.69, 9.17) is 4.74 Å². The molecule has 3 aromatic rings. The Morgan fingerprint density at radius 2 is 1.97 bits per heavy atom. The highest BCUT2D eigenvalue weighted by Crippen LogP contribution is 2.21. The summed E-state index contributed by atoms with van der Waals surface area (Å²) in [6.07, 6.45) is 2.06. The SMILES string of the molecule is Cc1nc2ccccc2c(=O)n1CCC(=O)N1CCCC(COc2ccccc2F)C1. The summed E-state index contributed by atoms with van der Waals surface area (Å²) in [5.41, 5.74) is 0.548. The number of aryl methyl sites for hydroxylation is 1. The second-order valence-electron chi connectivity index (χ2n) is 7.97. The summed E-state index contributed by atoms with van der Waals surface area (Å²) >= 11 is 0. The van der Waals surface area contributed by atoms with Crippen LogP contribution in [0.25, 0.3) is 10.9 Å². The zero-order chi connectivity index (χ0) is 21.8. The predicted octanol–water partition coefficient (Wildman–Crippen LogP) is 3.55. The smallest absolute Gasteiger partial charge is 0.261 e. The molecule has 0 radical (unpaired) electrons. The molecule has 1 amide bonds. The number of ether oxygens (including phenoxy) is 1. The standard InChI is InChI=1S/C24H26FN3O3/c1-17-26-21-10-4-2-8-19(21)24(30)28(17)14-12-23(29)27-13-6-7-18(15-27)16-31-22-11-5-3-9-20(22)25/h2-5,8-11,18H,6-7,12-16H2,1H3. The highest BCUT2D eigenvalue weighted by atomic mass is 19.1. The summed E-state index contributed by atoms with van der Waals surface area (Å²) < 4.78 is 21.0. The third-order valence-electron chi connectivity index (χ3n) is 5.78. The highest BCUT2D eigenvalue weighted by Gasteiger charge is 2.24. The fourth-order valence-electron chi connectivity index (χ4n) is 4.10. The van der Waals surface area contributed by atoms with Crippen LogP contribution in [-0.2, 0) is 11.3 Å². The number of benzene rings is 2. The number of rotatable bonds is 6. The van der Waals surface area contributed by atoms with Crippen LogP contribution < -0.4 is 10.3 Å². The molecule has 2 aromatic carbocycles. The Balaban J connectivity index is 1.36. The number of carbonyl (C=O) groups excluding carboxylic acids is 1. The van der Waals surface area contributed by atoms with Crippen molar-refractivity contribution in [2.45, 2.75) is 32.7 Å². The van der Waals surface area contributed by atoms with Gasteiger partial charge < -0.3 is 9.64 Å². The molecule has 0 aliphatic carbocycles. The molecule has 1 aromatic heterocycles. The number of piperidine rings is 1. The van der Waals surface area contributed by atoms with Crippen LogP contribution in [0.15, 0.2) is 53.3 Å². The van der Waals surface area contributed by atoms with E-state index in [0.29, 0.717) is 43.0 Å². The van der Waals surface area contributed by atoms with Gasteiger partial charge in [-0.05, 0) is 44.0 Å². The lowest BCUT2D eigenvalue weighted by Crippen LogP contribution is -2.42. The van der Waals surface area contributed by atoms with Gasteiger partial charge in [-0.3, -0.25) is 14.2 Å². The normalized spacial score (nSPS) is 16.5. The molecular weight excluding hydrogens is 397 g/mol. The maximum Gasteiger partial charge on any atom is 0.261 e. The molecule has 1 aliphatic heterocycles. The van der Waals surface area contributed by atoms with Crippen LogP contribution in [-0.4, -0.2) is 40.1 Å². The highest BCUT2D eigenvalue weighted by molar-refractivity contribution is 5.78. The Labute approximate surface area is 180 Å². The molecule has 0 saturated carbocycles. The summed E-state index contributed by atoms with van der Waals surface area (Å²) in [5.74, 6) is 0.631. The van der Waals surface area contributed by atoms with Crippen LogP contribution in [0.1, 0.15) is 25.1 Å². The van der Waals surface area contributed by atoms with Gasteiger partial charge in [-0.1, -0.05) is 24.3 Å². The molecule has 0 spiro atoms.